The van der Waals surface area contributed by atoms with E-state index in [4.69, 9.17) is 35.9 Å². The Morgan fingerprint density at radius 2 is 1.61 bits per heavy atom. The van der Waals surface area contributed by atoms with Crippen molar-refractivity contribution in [2.75, 3.05) is 13.2 Å². The molecule has 61 heavy (non-hydrogen) atoms. The van der Waals surface area contributed by atoms with E-state index in [9.17, 15) is 34.5 Å². The van der Waals surface area contributed by atoms with Crippen LogP contribution in [0.25, 0.3) is 0 Å². The van der Waals surface area contributed by atoms with Gasteiger partial charge in [0, 0.05) is 38.6 Å². The van der Waals surface area contributed by atoms with Crippen molar-refractivity contribution < 1.29 is 63.0 Å². The topological polar surface area (TPSA) is 216 Å². The van der Waals surface area contributed by atoms with Crippen LogP contribution in [0.1, 0.15) is 96.1 Å². The minimum atomic E-state index is -2.35. The minimum absolute atomic E-state index is 0.0360. The number of aliphatic hydroxyl groups is 3. The zero-order valence-corrected chi connectivity index (χ0v) is 36.3. The first-order valence-electron chi connectivity index (χ1n) is 20.6. The van der Waals surface area contributed by atoms with E-state index in [2.05, 4.69) is 10.6 Å². The fourth-order valence-corrected chi connectivity index (χ4v) is 10.2. The van der Waals surface area contributed by atoms with Gasteiger partial charge in [-0.1, -0.05) is 75.7 Å². The summed E-state index contributed by atoms with van der Waals surface area (Å²) in [5.74, 6) is -6.02. The molecule has 0 spiro atoms. The number of esters is 4. The monoisotopic (exact) mass is 864 g/mol. The molecule has 5 N–H and O–H groups in total. The van der Waals surface area contributed by atoms with Gasteiger partial charge in [-0.05, 0) is 61.3 Å². The first-order chi connectivity index (χ1) is 28.7. The van der Waals surface area contributed by atoms with Crippen molar-refractivity contribution in [3.8, 4) is 0 Å². The number of ether oxygens (including phenoxy) is 5. The summed E-state index contributed by atoms with van der Waals surface area (Å²) in [7, 11) is 0. The van der Waals surface area contributed by atoms with E-state index in [-0.39, 0.29) is 34.8 Å². The number of carbonyl (C=O) groups is 5. The van der Waals surface area contributed by atoms with Gasteiger partial charge in [0.15, 0.2) is 28.7 Å². The van der Waals surface area contributed by atoms with Gasteiger partial charge in [0.2, 0.25) is 0 Å². The number of carbonyl (C=O) groups excluding carboxylic acids is 5. The molecule has 0 radical (unpaired) electrons. The summed E-state index contributed by atoms with van der Waals surface area (Å²) in [5.41, 5.74) is -6.90. The fraction of sp³-hybridized carbons (Fsp3) is 0.556. The number of ketones is 1. The average molecular weight is 865 g/mol. The third-order valence-corrected chi connectivity index (χ3v) is 13.5. The number of fused-ring (bicyclic) bond motifs is 5. The largest absolute Gasteiger partial charge is 0.456 e. The van der Waals surface area contributed by atoms with Crippen LogP contribution in [-0.4, -0.2) is 111 Å². The molecule has 3 fully saturated rings. The smallest absolute Gasteiger partial charge is 0.338 e. The Bertz CT molecular complexity index is 2060. The van der Waals surface area contributed by atoms with Crippen LogP contribution in [0.15, 0.2) is 71.8 Å². The Morgan fingerprint density at radius 3 is 2.18 bits per heavy atom. The highest BCUT2D eigenvalue weighted by molar-refractivity contribution is 7.80. The highest BCUT2D eigenvalue weighted by Gasteiger charge is 2.78. The molecule has 0 amide bonds. The van der Waals surface area contributed by atoms with E-state index in [1.165, 1.54) is 26.0 Å². The molecule has 2 aromatic rings. The van der Waals surface area contributed by atoms with Crippen molar-refractivity contribution in [3.05, 3.63) is 82.9 Å². The van der Waals surface area contributed by atoms with Gasteiger partial charge in [0.1, 0.15) is 23.9 Å². The zero-order valence-electron chi connectivity index (χ0n) is 35.5. The molecule has 2 saturated carbocycles. The number of Topliss-reactive ketones (excluding diaryl/α,β-unsaturated/α-hetero) is 1. The number of thiocarbonyl (C=S) groups is 1. The van der Waals surface area contributed by atoms with Gasteiger partial charge in [-0.25, -0.2) is 9.59 Å². The van der Waals surface area contributed by atoms with Gasteiger partial charge in [0.25, 0.3) is 0 Å². The second kappa shape index (κ2) is 17.6. The molecule has 4 aliphatic rings. The Morgan fingerprint density at radius 1 is 0.967 bits per heavy atom. The zero-order chi connectivity index (χ0) is 44.7. The third-order valence-electron chi connectivity index (χ3n) is 13.3. The molecule has 16 heteroatoms. The SMILES string of the molecule is CCCCNC(=S)N[C@@H](c1ccccc1)[C@@H](O)C(=O)O[C@H]1CC2(O)[C@@H](OC(=O)c3ccccc3)[C@H]3[C@](C)(C(=O)[C@H](OC(C)=O)C(=C1C)C2(C)C)[C@@H](O)CC1OC[C@]13OC(C)=O. The molecule has 2 bridgehead atoms. The van der Waals surface area contributed by atoms with Crippen molar-refractivity contribution >= 4 is 47.0 Å². The summed E-state index contributed by atoms with van der Waals surface area (Å²) in [6.07, 6.45) is -8.38. The van der Waals surface area contributed by atoms with Crippen molar-refractivity contribution in [2.45, 2.75) is 128 Å². The van der Waals surface area contributed by atoms with Crippen LogP contribution in [-0.2, 0) is 42.9 Å². The second-order valence-electron chi connectivity index (χ2n) is 17.3. The Labute approximate surface area is 360 Å². The molecule has 330 valence electrons. The van der Waals surface area contributed by atoms with Crippen LogP contribution in [0.2, 0.25) is 0 Å². The minimum Gasteiger partial charge on any atom is -0.456 e. The molecule has 2 aromatic carbocycles. The Hall–Kier alpha value is -4.74. The van der Waals surface area contributed by atoms with Crippen molar-refractivity contribution in [3.63, 3.8) is 0 Å². The summed E-state index contributed by atoms with van der Waals surface area (Å²) in [6, 6.07) is 15.5. The summed E-state index contributed by atoms with van der Waals surface area (Å²) < 4.78 is 30.4. The Kier molecular flexibility index (Phi) is 13.2. The molecule has 1 saturated heterocycles. The molecule has 6 rings (SSSR count). The van der Waals surface area contributed by atoms with Crippen LogP contribution in [0.4, 0.5) is 0 Å². The van der Waals surface area contributed by atoms with Gasteiger partial charge in [-0.2, -0.15) is 0 Å². The first kappa shape index (κ1) is 45.8. The van der Waals surface area contributed by atoms with Crippen LogP contribution < -0.4 is 10.6 Å². The van der Waals surface area contributed by atoms with Gasteiger partial charge in [0.05, 0.1) is 35.6 Å². The third kappa shape index (κ3) is 8.08. The first-order valence-corrected chi connectivity index (χ1v) is 21.0. The number of hydrogen-bond acceptors (Lipinski definition) is 14. The lowest BCUT2D eigenvalue weighted by molar-refractivity contribution is -0.346. The van der Waals surface area contributed by atoms with Crippen LogP contribution in [0.3, 0.4) is 0 Å². The van der Waals surface area contributed by atoms with Crippen molar-refractivity contribution in [2.24, 2.45) is 16.7 Å². The summed E-state index contributed by atoms with van der Waals surface area (Å²) in [6.45, 7) is 10.7. The number of hydrogen-bond donors (Lipinski definition) is 5. The van der Waals surface area contributed by atoms with Crippen molar-refractivity contribution in [1.29, 1.82) is 0 Å². The summed E-state index contributed by atoms with van der Waals surface area (Å²) in [5, 5.41) is 43.8. The van der Waals surface area contributed by atoms with E-state index in [1.54, 1.807) is 69.3 Å². The lowest BCUT2D eigenvalue weighted by Gasteiger charge is -2.67. The molecule has 11 atom stereocenters. The van der Waals surface area contributed by atoms with Crippen LogP contribution in [0, 0.1) is 16.7 Å². The van der Waals surface area contributed by atoms with Gasteiger partial charge < -0.3 is 49.6 Å². The number of aliphatic hydroxyl groups excluding tert-OH is 2. The predicted octanol–water partition coefficient (Wildman–Crippen LogP) is 3.57. The number of rotatable bonds is 12. The number of benzene rings is 2. The standard InChI is InChI=1S/C45H56N2O13S/c1-8-9-20-46-41(61)47-33(27-16-12-10-13-17-27)34(51)40(54)58-29-22-45(55)38(59-39(53)28-18-14-11-15-19-28)36-43(7,30(50)21-31-44(36,23-56-31)60-26(4)49)37(52)35(57-25(3)48)32(24(29)2)42(45,5)6/h10-19,29-31,33-36,38,50-51,55H,8-9,20-23H2,1-7H3,(H2,46,47,61)/t29-,30-,31?,33-,34+,35+,36-,38-,43+,44-,45?/m0/s1. The number of nitrogens with one attached hydrogen (secondary N) is 2. The van der Waals surface area contributed by atoms with E-state index in [1.807, 2.05) is 6.92 Å². The molecule has 2 unspecified atom stereocenters. The highest BCUT2D eigenvalue weighted by atomic mass is 32.1. The lowest BCUT2D eigenvalue weighted by atomic mass is 9.44. The van der Waals surface area contributed by atoms with E-state index >= 15 is 4.79 Å². The fourth-order valence-electron chi connectivity index (χ4n) is 9.94. The second-order valence-corrected chi connectivity index (χ2v) is 17.7. The van der Waals surface area contributed by atoms with E-state index in [0.717, 1.165) is 19.8 Å². The maximum atomic E-state index is 15.5. The molecule has 1 aliphatic heterocycles. The van der Waals surface area contributed by atoms with Gasteiger partial charge >= 0.3 is 23.9 Å². The molecule has 1 heterocycles. The van der Waals surface area contributed by atoms with Crippen molar-refractivity contribution in [1.82, 2.24) is 10.6 Å². The normalized spacial score (nSPS) is 32.2. The quantitative estimate of drug-likeness (QED) is 0.0678. The average Bonchev–Trinajstić information content (AvgIpc) is 3.21. The predicted molar refractivity (Wildman–Crippen MR) is 222 cm³/mol. The molecular formula is C45H56N2O13S. The molecular weight excluding hydrogens is 809 g/mol. The van der Waals surface area contributed by atoms with Crippen LogP contribution >= 0.6 is 12.2 Å². The van der Waals surface area contributed by atoms with E-state index in [0.29, 0.717) is 12.1 Å². The number of unbranched alkanes of at least 4 members (excludes halogenated alkanes) is 1. The maximum Gasteiger partial charge on any atom is 0.338 e. The molecule has 0 aromatic heterocycles. The maximum absolute atomic E-state index is 15.5. The van der Waals surface area contributed by atoms with Crippen LogP contribution in [0.5, 0.6) is 0 Å². The highest BCUT2D eigenvalue weighted by Crippen LogP contribution is 2.64. The van der Waals surface area contributed by atoms with Gasteiger partial charge in [-0.15, -0.1) is 0 Å². The summed E-state index contributed by atoms with van der Waals surface area (Å²) >= 11 is 5.52. The lowest BCUT2D eigenvalue weighted by Crippen LogP contribution is -2.82. The Balaban J connectivity index is 1.52. The summed E-state index contributed by atoms with van der Waals surface area (Å²) in [4.78, 5) is 70.0. The van der Waals surface area contributed by atoms with Gasteiger partial charge in [-0.3, -0.25) is 14.4 Å². The van der Waals surface area contributed by atoms with E-state index < -0.39 is 107 Å². The molecule has 3 aliphatic carbocycles. The molecule has 15 nitrogen and oxygen atoms in total.